The van der Waals surface area contributed by atoms with Crippen LogP contribution in [0.25, 0.3) is 0 Å². The normalized spacial score (nSPS) is 43.8. The van der Waals surface area contributed by atoms with Crippen molar-refractivity contribution in [1.82, 2.24) is 0 Å². The number of carbonyl (C=O) groups is 3. The number of alkyl halides is 2. The van der Waals surface area contributed by atoms with Gasteiger partial charge < -0.3 is 9.47 Å². The zero-order valence-electron chi connectivity index (χ0n) is 21.2. The van der Waals surface area contributed by atoms with E-state index in [-0.39, 0.29) is 34.9 Å². The molecule has 4 saturated carbocycles. The summed E-state index contributed by atoms with van der Waals surface area (Å²) in [6.45, 7) is 7.66. The van der Waals surface area contributed by atoms with E-state index in [1.165, 1.54) is 14.0 Å². The Labute approximate surface area is 201 Å². The Bertz CT molecular complexity index is 843. The van der Waals surface area contributed by atoms with Gasteiger partial charge in [-0.05, 0) is 79.4 Å². The van der Waals surface area contributed by atoms with Crippen LogP contribution in [0, 0.1) is 46.3 Å². The largest absolute Gasteiger partial charge is 0.469 e. The van der Waals surface area contributed by atoms with E-state index in [1.807, 2.05) is 6.92 Å². The Morgan fingerprint density at radius 1 is 1.06 bits per heavy atom. The summed E-state index contributed by atoms with van der Waals surface area (Å²) in [7, 11) is 1.39. The Hall–Kier alpha value is -1.53. The van der Waals surface area contributed by atoms with Gasteiger partial charge in [0.05, 0.1) is 7.11 Å². The second-order valence-corrected chi connectivity index (χ2v) is 12.1. The van der Waals surface area contributed by atoms with Crippen LogP contribution in [0.15, 0.2) is 0 Å². The summed E-state index contributed by atoms with van der Waals surface area (Å²) in [4.78, 5) is 36.3. The average Bonchev–Trinajstić information content (AvgIpc) is 3.12. The quantitative estimate of drug-likeness (QED) is 0.478. The van der Waals surface area contributed by atoms with Gasteiger partial charge in [0.2, 0.25) is 0 Å². The number of ether oxygens (including phenoxy) is 2. The van der Waals surface area contributed by atoms with Crippen molar-refractivity contribution >= 4 is 17.7 Å². The molecule has 0 bridgehead atoms. The van der Waals surface area contributed by atoms with Gasteiger partial charge in [-0.3, -0.25) is 14.4 Å². The van der Waals surface area contributed by atoms with Crippen molar-refractivity contribution in [1.29, 1.82) is 0 Å². The number of esters is 2. The van der Waals surface area contributed by atoms with Gasteiger partial charge >= 0.3 is 11.9 Å². The monoisotopic (exact) mass is 482 g/mol. The van der Waals surface area contributed by atoms with Crippen molar-refractivity contribution in [2.75, 3.05) is 7.11 Å². The van der Waals surface area contributed by atoms with Crippen LogP contribution < -0.4 is 0 Å². The molecule has 4 aliphatic rings. The highest BCUT2D eigenvalue weighted by Crippen LogP contribution is 2.70. The molecule has 0 aromatic carbocycles. The van der Waals surface area contributed by atoms with Gasteiger partial charge in [-0.1, -0.05) is 20.8 Å². The molecule has 0 saturated heterocycles. The third-order valence-corrected chi connectivity index (χ3v) is 10.6. The Morgan fingerprint density at radius 3 is 2.35 bits per heavy atom. The maximum absolute atomic E-state index is 16.0. The molecule has 9 atom stereocenters. The van der Waals surface area contributed by atoms with Crippen LogP contribution in [0.2, 0.25) is 0 Å². The van der Waals surface area contributed by atoms with E-state index in [4.69, 9.17) is 9.47 Å². The molecule has 0 N–H and O–H groups in total. The third kappa shape index (κ3) is 3.99. The van der Waals surface area contributed by atoms with Crippen molar-refractivity contribution in [3.63, 3.8) is 0 Å². The maximum atomic E-state index is 16.0. The van der Waals surface area contributed by atoms with E-state index in [0.29, 0.717) is 31.6 Å². The van der Waals surface area contributed by atoms with E-state index in [2.05, 4.69) is 13.8 Å². The molecule has 192 valence electrons. The molecule has 0 aromatic rings. The molecule has 0 heterocycles. The second-order valence-electron chi connectivity index (χ2n) is 12.1. The van der Waals surface area contributed by atoms with Crippen molar-refractivity contribution < 1.29 is 32.6 Å². The number of Topliss-reactive ketones (excluding diaryl/α,β-unsaturated/α-hetero) is 1. The summed E-state index contributed by atoms with van der Waals surface area (Å²) in [6.07, 6.45) is 4.11. The lowest BCUT2D eigenvalue weighted by molar-refractivity contribution is -0.234. The summed E-state index contributed by atoms with van der Waals surface area (Å²) in [5.74, 6) is -5.16. The molecule has 0 unspecified atom stereocenters. The van der Waals surface area contributed by atoms with E-state index >= 15 is 8.78 Å². The number of fused-ring (bicyclic) bond motifs is 5. The molecular weight excluding hydrogens is 442 g/mol. The molecule has 4 aliphatic carbocycles. The highest BCUT2D eigenvalue weighted by molar-refractivity contribution is 5.89. The molecule has 4 rings (SSSR count). The Morgan fingerprint density at radius 2 is 1.71 bits per heavy atom. The van der Waals surface area contributed by atoms with Crippen LogP contribution in [-0.2, 0) is 23.9 Å². The lowest BCUT2D eigenvalue weighted by atomic mass is 9.43. The number of hydrogen-bond acceptors (Lipinski definition) is 5. The second kappa shape index (κ2) is 8.85. The number of halogens is 2. The van der Waals surface area contributed by atoms with Gasteiger partial charge in [0.15, 0.2) is 11.9 Å². The lowest BCUT2D eigenvalue weighted by Gasteiger charge is -2.62. The fraction of sp³-hybridized carbons (Fsp3) is 0.889. The van der Waals surface area contributed by atoms with E-state index < -0.39 is 41.7 Å². The molecule has 0 radical (unpaired) electrons. The number of ketones is 1. The van der Waals surface area contributed by atoms with Gasteiger partial charge in [-0.15, -0.1) is 0 Å². The fourth-order valence-electron chi connectivity index (χ4n) is 8.90. The predicted octanol–water partition coefficient (Wildman–Crippen LogP) is 5.59. The Kier molecular flexibility index (Phi) is 6.65. The summed E-state index contributed by atoms with van der Waals surface area (Å²) >= 11 is 0. The van der Waals surface area contributed by atoms with Crippen molar-refractivity contribution in [2.45, 2.75) is 97.5 Å². The van der Waals surface area contributed by atoms with Crippen molar-refractivity contribution in [3.05, 3.63) is 0 Å². The minimum atomic E-state index is -2.92. The first-order valence-corrected chi connectivity index (χ1v) is 13.0. The minimum absolute atomic E-state index is 0.0779. The molecule has 5 nitrogen and oxygen atoms in total. The molecule has 34 heavy (non-hydrogen) atoms. The van der Waals surface area contributed by atoms with Gasteiger partial charge in [0.25, 0.3) is 5.92 Å². The standard InChI is InChI=1S/C27H40F2O5/c1-15(6-9-22(31)33-5)17-7-8-18-23-19(10-12-25(17,18)3)26(4)13-11-21(34-16(2)30)24(32)20(26)14-27(23,28)29/h15,17-21,23H,6-14H2,1-5H3/t15-,17-,18+,19+,20+,21+,23+,25-,26-/m1/s1. The number of methoxy groups -OCH3 is 1. The average molecular weight is 483 g/mol. The molecule has 0 spiro atoms. The minimum Gasteiger partial charge on any atom is -0.469 e. The summed E-state index contributed by atoms with van der Waals surface area (Å²) in [5, 5.41) is 0. The zero-order valence-corrected chi connectivity index (χ0v) is 21.2. The topological polar surface area (TPSA) is 69.7 Å². The van der Waals surface area contributed by atoms with E-state index in [1.54, 1.807) is 0 Å². The van der Waals surface area contributed by atoms with Gasteiger partial charge in [-0.25, -0.2) is 8.78 Å². The highest BCUT2D eigenvalue weighted by Gasteiger charge is 2.69. The summed E-state index contributed by atoms with van der Waals surface area (Å²) < 4.78 is 41.9. The predicted molar refractivity (Wildman–Crippen MR) is 122 cm³/mol. The smallest absolute Gasteiger partial charge is 0.305 e. The van der Waals surface area contributed by atoms with Crippen molar-refractivity contribution in [2.24, 2.45) is 46.3 Å². The first-order valence-electron chi connectivity index (χ1n) is 13.0. The SMILES string of the molecule is COC(=O)CC[C@@H](C)[C@H]1CC[C@H]2[C@H]3[C@H](CC[C@]12C)[C@@]1(C)CC[C@H](OC(C)=O)C(=O)[C@@H]1CC3(F)F. The molecule has 0 aliphatic heterocycles. The van der Waals surface area contributed by atoms with Crippen molar-refractivity contribution in [3.8, 4) is 0 Å². The first-order chi connectivity index (χ1) is 15.8. The molecule has 0 aromatic heterocycles. The maximum Gasteiger partial charge on any atom is 0.305 e. The number of hydrogen-bond donors (Lipinski definition) is 0. The summed E-state index contributed by atoms with van der Waals surface area (Å²) in [5.41, 5.74) is -0.654. The lowest BCUT2D eigenvalue weighted by Crippen LogP contribution is -2.63. The van der Waals surface area contributed by atoms with E-state index in [0.717, 1.165) is 25.7 Å². The van der Waals surface area contributed by atoms with Crippen LogP contribution in [0.3, 0.4) is 0 Å². The van der Waals surface area contributed by atoms with Gasteiger partial charge in [0.1, 0.15) is 0 Å². The highest BCUT2D eigenvalue weighted by atomic mass is 19.3. The summed E-state index contributed by atoms with van der Waals surface area (Å²) in [6, 6.07) is 0. The van der Waals surface area contributed by atoms with Gasteiger partial charge in [-0.2, -0.15) is 0 Å². The third-order valence-electron chi connectivity index (χ3n) is 10.6. The first kappa shape index (κ1) is 25.6. The van der Waals surface area contributed by atoms with Crippen LogP contribution >= 0.6 is 0 Å². The van der Waals surface area contributed by atoms with Crippen LogP contribution in [0.4, 0.5) is 8.78 Å². The zero-order chi connectivity index (χ0) is 25.1. The Balaban J connectivity index is 1.58. The molecular formula is C27H40F2O5. The van der Waals surface area contributed by atoms with Crippen LogP contribution in [-0.4, -0.2) is 36.9 Å². The molecule has 4 fully saturated rings. The van der Waals surface area contributed by atoms with E-state index in [9.17, 15) is 14.4 Å². The number of carbonyl (C=O) groups excluding carboxylic acids is 3. The number of rotatable bonds is 5. The van der Waals surface area contributed by atoms with Crippen LogP contribution in [0.5, 0.6) is 0 Å². The fourth-order valence-corrected chi connectivity index (χ4v) is 8.90. The molecule has 7 heteroatoms. The van der Waals surface area contributed by atoms with Crippen LogP contribution in [0.1, 0.15) is 85.5 Å². The molecule has 0 amide bonds. The van der Waals surface area contributed by atoms with Gasteiger partial charge in [0, 0.05) is 31.6 Å².